The lowest BCUT2D eigenvalue weighted by molar-refractivity contribution is -0.119. The number of aromatic nitrogens is 2. The van der Waals surface area contributed by atoms with Crippen molar-refractivity contribution in [2.75, 3.05) is 29.6 Å². The van der Waals surface area contributed by atoms with E-state index in [2.05, 4.69) is 4.98 Å². The summed E-state index contributed by atoms with van der Waals surface area (Å²) in [6.07, 6.45) is -1.16. The van der Waals surface area contributed by atoms with Crippen molar-refractivity contribution in [1.82, 2.24) is 9.55 Å². The molecule has 2 amide bonds. The lowest BCUT2D eigenvalue weighted by Gasteiger charge is -2.27. The van der Waals surface area contributed by atoms with Crippen LogP contribution in [0, 0.1) is 5.92 Å². The number of carbonyl (C=O) groups excluding carboxylic acids is 2. The third-order valence-electron chi connectivity index (χ3n) is 6.33. The van der Waals surface area contributed by atoms with Crippen molar-refractivity contribution in [3.63, 3.8) is 0 Å². The molecule has 3 aliphatic heterocycles. The Morgan fingerprint density at radius 2 is 2.09 bits per heavy atom. The number of nitrogens with two attached hydrogens (primary N) is 1. The van der Waals surface area contributed by atoms with Gasteiger partial charge in [-0.25, -0.2) is 23.5 Å². The highest BCUT2D eigenvalue weighted by Gasteiger charge is 2.42. The molecule has 2 N–H and O–H groups in total. The standard InChI is InChI=1S/C21H23F2N5O4/c1-11-4-5-27(17(11)19(24)29)12-2-3-13-15(8-12)31-7-6-26-9-16(25-20(13)26)28-14(18(22)23)10-32-21(28)30/h2-3,8-9,11,14,17-18H,4-7,10H2,1H3,(H2,24,29)/t11-,14?,17+/m1/s1. The number of alkyl halides is 2. The highest BCUT2D eigenvalue weighted by Crippen LogP contribution is 2.39. The molecule has 4 heterocycles. The summed E-state index contributed by atoms with van der Waals surface area (Å²) in [4.78, 5) is 31.4. The van der Waals surface area contributed by atoms with Crippen LogP contribution in [0.1, 0.15) is 13.3 Å². The maximum atomic E-state index is 13.4. The number of primary amides is 1. The summed E-state index contributed by atoms with van der Waals surface area (Å²) in [5.41, 5.74) is 7.11. The van der Waals surface area contributed by atoms with E-state index in [1.54, 1.807) is 10.8 Å². The average molecular weight is 447 g/mol. The van der Waals surface area contributed by atoms with Crippen molar-refractivity contribution in [3.8, 4) is 17.1 Å². The molecule has 5 rings (SSSR count). The quantitative estimate of drug-likeness (QED) is 0.771. The molecule has 170 valence electrons. The minimum atomic E-state index is -2.75. The van der Waals surface area contributed by atoms with Gasteiger partial charge in [0.1, 0.15) is 36.9 Å². The van der Waals surface area contributed by atoms with E-state index in [0.29, 0.717) is 36.8 Å². The van der Waals surface area contributed by atoms with Gasteiger partial charge in [-0.05, 0) is 24.5 Å². The number of halogens is 2. The summed E-state index contributed by atoms with van der Waals surface area (Å²) in [6.45, 7) is 3.09. The molecule has 3 aliphatic rings. The predicted octanol–water partition coefficient (Wildman–Crippen LogP) is 2.23. The Hall–Kier alpha value is -3.37. The van der Waals surface area contributed by atoms with E-state index in [1.807, 2.05) is 30.0 Å². The maximum Gasteiger partial charge on any atom is 0.416 e. The molecule has 9 nitrogen and oxygen atoms in total. The summed E-state index contributed by atoms with van der Waals surface area (Å²) in [7, 11) is 0. The first-order chi connectivity index (χ1) is 15.3. The number of benzene rings is 1. The normalized spacial score (nSPS) is 24.8. The minimum Gasteiger partial charge on any atom is -0.491 e. The zero-order chi connectivity index (χ0) is 22.6. The van der Waals surface area contributed by atoms with E-state index in [1.165, 1.54) is 0 Å². The van der Waals surface area contributed by atoms with Gasteiger partial charge >= 0.3 is 6.09 Å². The summed E-state index contributed by atoms with van der Waals surface area (Å²) in [6, 6.07) is 3.78. The molecule has 3 atom stereocenters. The average Bonchev–Trinajstić information content (AvgIpc) is 3.42. The molecule has 2 saturated heterocycles. The molecular formula is C21H23F2N5O4. The largest absolute Gasteiger partial charge is 0.491 e. The second kappa shape index (κ2) is 7.64. The van der Waals surface area contributed by atoms with E-state index in [0.717, 1.165) is 17.0 Å². The second-order valence-electron chi connectivity index (χ2n) is 8.30. The Bertz CT molecular complexity index is 1070. The predicted molar refractivity (Wildman–Crippen MR) is 111 cm³/mol. The Morgan fingerprint density at radius 1 is 1.28 bits per heavy atom. The SMILES string of the molecule is C[C@@H]1CCN(c2ccc3c(c2)OCCn2cc(N4C(=O)OCC4C(F)F)nc2-3)[C@@H]1C(N)=O. The molecule has 0 bridgehead atoms. The summed E-state index contributed by atoms with van der Waals surface area (Å²) in [5.74, 6) is 0.976. The van der Waals surface area contributed by atoms with Crippen LogP contribution in [0.25, 0.3) is 11.4 Å². The Morgan fingerprint density at radius 3 is 2.84 bits per heavy atom. The smallest absolute Gasteiger partial charge is 0.416 e. The number of rotatable bonds is 4. The number of ether oxygens (including phenoxy) is 2. The van der Waals surface area contributed by atoms with Gasteiger partial charge in [-0.3, -0.25) is 4.79 Å². The van der Waals surface area contributed by atoms with E-state index >= 15 is 0 Å². The van der Waals surface area contributed by atoms with Crippen LogP contribution in [0.4, 0.5) is 25.1 Å². The minimum absolute atomic E-state index is 0.117. The van der Waals surface area contributed by atoms with Crippen molar-refractivity contribution < 1.29 is 27.8 Å². The number of hydrogen-bond donors (Lipinski definition) is 1. The molecule has 11 heteroatoms. The Balaban J connectivity index is 1.51. The maximum absolute atomic E-state index is 13.4. The van der Waals surface area contributed by atoms with Crippen molar-refractivity contribution >= 4 is 23.5 Å². The molecule has 2 aromatic rings. The molecule has 0 radical (unpaired) electrons. The number of anilines is 2. The summed E-state index contributed by atoms with van der Waals surface area (Å²) in [5, 5.41) is 0. The van der Waals surface area contributed by atoms with Crippen LogP contribution < -0.4 is 20.3 Å². The molecule has 0 spiro atoms. The van der Waals surface area contributed by atoms with Gasteiger partial charge in [0.2, 0.25) is 5.91 Å². The highest BCUT2D eigenvalue weighted by atomic mass is 19.3. The van der Waals surface area contributed by atoms with Crippen LogP contribution in [-0.2, 0) is 16.1 Å². The van der Waals surface area contributed by atoms with Crippen LogP contribution in [-0.4, -0.2) is 59.8 Å². The van der Waals surface area contributed by atoms with Gasteiger partial charge in [0.05, 0.1) is 12.1 Å². The van der Waals surface area contributed by atoms with E-state index in [4.69, 9.17) is 15.2 Å². The van der Waals surface area contributed by atoms with Gasteiger partial charge in [0.15, 0.2) is 5.82 Å². The van der Waals surface area contributed by atoms with E-state index in [-0.39, 0.29) is 30.3 Å². The van der Waals surface area contributed by atoms with Crippen molar-refractivity contribution in [1.29, 1.82) is 0 Å². The number of hydrogen-bond acceptors (Lipinski definition) is 6. The molecule has 1 aromatic heterocycles. The first-order valence-electron chi connectivity index (χ1n) is 10.5. The monoisotopic (exact) mass is 447 g/mol. The zero-order valence-electron chi connectivity index (χ0n) is 17.4. The van der Waals surface area contributed by atoms with Crippen molar-refractivity contribution in [3.05, 3.63) is 24.4 Å². The Labute approximate surface area is 182 Å². The van der Waals surface area contributed by atoms with E-state index < -0.39 is 18.6 Å². The summed E-state index contributed by atoms with van der Waals surface area (Å²) >= 11 is 0. The number of cyclic esters (lactones) is 1. The molecule has 0 saturated carbocycles. The third kappa shape index (κ3) is 3.23. The molecule has 1 aromatic carbocycles. The molecule has 2 fully saturated rings. The van der Waals surface area contributed by atoms with Crippen molar-refractivity contribution in [2.45, 2.75) is 38.4 Å². The molecule has 1 unspecified atom stereocenters. The van der Waals surface area contributed by atoms with Gasteiger partial charge in [0, 0.05) is 24.5 Å². The van der Waals surface area contributed by atoms with Crippen LogP contribution in [0.2, 0.25) is 0 Å². The highest BCUT2D eigenvalue weighted by molar-refractivity contribution is 5.90. The fraction of sp³-hybridized carbons (Fsp3) is 0.476. The van der Waals surface area contributed by atoms with Gasteiger partial charge < -0.3 is 24.7 Å². The first-order valence-corrected chi connectivity index (χ1v) is 10.5. The lowest BCUT2D eigenvalue weighted by atomic mass is 10.0. The number of carbonyl (C=O) groups is 2. The zero-order valence-corrected chi connectivity index (χ0v) is 17.4. The third-order valence-corrected chi connectivity index (χ3v) is 6.33. The summed E-state index contributed by atoms with van der Waals surface area (Å²) < 4.78 is 39.3. The molecular weight excluding hydrogens is 424 g/mol. The van der Waals surface area contributed by atoms with Gasteiger partial charge in [-0.2, -0.15) is 0 Å². The number of nitrogens with zero attached hydrogens (tertiary/aromatic N) is 4. The topological polar surface area (TPSA) is 103 Å². The number of imidazole rings is 1. The van der Waals surface area contributed by atoms with Crippen LogP contribution in [0.15, 0.2) is 24.4 Å². The first kappa shape index (κ1) is 20.5. The van der Waals surface area contributed by atoms with E-state index in [9.17, 15) is 18.4 Å². The number of amides is 2. The van der Waals surface area contributed by atoms with Crippen LogP contribution in [0.3, 0.4) is 0 Å². The lowest BCUT2D eigenvalue weighted by Crippen LogP contribution is -2.43. The Kier molecular flexibility index (Phi) is 4.90. The van der Waals surface area contributed by atoms with Crippen molar-refractivity contribution in [2.24, 2.45) is 11.7 Å². The van der Waals surface area contributed by atoms with Crippen LogP contribution in [0.5, 0.6) is 5.75 Å². The van der Waals surface area contributed by atoms with Crippen LogP contribution >= 0.6 is 0 Å². The van der Waals surface area contributed by atoms with Gasteiger partial charge in [0.25, 0.3) is 6.43 Å². The number of fused-ring (bicyclic) bond motifs is 3. The molecule has 0 aliphatic carbocycles. The molecule has 32 heavy (non-hydrogen) atoms. The van der Waals surface area contributed by atoms with Gasteiger partial charge in [-0.15, -0.1) is 0 Å². The fourth-order valence-electron chi connectivity index (χ4n) is 4.71. The second-order valence-corrected chi connectivity index (χ2v) is 8.30. The van der Waals surface area contributed by atoms with Gasteiger partial charge in [-0.1, -0.05) is 6.92 Å². The fourth-order valence-corrected chi connectivity index (χ4v) is 4.71.